The first-order chi connectivity index (χ1) is 14.9. The minimum atomic E-state index is -3.74. The van der Waals surface area contributed by atoms with Gasteiger partial charge in [0.15, 0.2) is 9.84 Å². The van der Waals surface area contributed by atoms with Crippen molar-refractivity contribution in [2.24, 2.45) is 0 Å². The first kappa shape index (κ1) is 21.4. The molecule has 166 valence electrons. The highest BCUT2D eigenvalue weighted by molar-refractivity contribution is 7.92. The van der Waals surface area contributed by atoms with Gasteiger partial charge in [-0.15, -0.1) is 0 Å². The van der Waals surface area contributed by atoms with Crippen LogP contribution in [0.25, 0.3) is 0 Å². The van der Waals surface area contributed by atoms with Gasteiger partial charge in [0.05, 0.1) is 12.0 Å². The molecule has 1 aliphatic heterocycles. The van der Waals surface area contributed by atoms with Gasteiger partial charge in [0.1, 0.15) is 29.8 Å². The molecule has 1 saturated heterocycles. The maximum Gasteiger partial charge on any atom is 0.238 e. The SMILES string of the molecule is COc1cccc(S(=O)(=O)CC(=O)N2CCN(c3cc(OC4CCC4)ncn3)CC2)c1. The quantitative estimate of drug-likeness (QED) is 0.631. The van der Waals surface area contributed by atoms with Gasteiger partial charge in [0, 0.05) is 32.2 Å². The largest absolute Gasteiger partial charge is 0.497 e. The molecular formula is C21H26N4O5S. The van der Waals surface area contributed by atoms with Gasteiger partial charge in [-0.25, -0.2) is 18.4 Å². The number of rotatable bonds is 7. The van der Waals surface area contributed by atoms with Crippen LogP contribution in [0.1, 0.15) is 19.3 Å². The molecule has 9 nitrogen and oxygen atoms in total. The lowest BCUT2D eigenvalue weighted by molar-refractivity contribution is -0.128. The third-order valence-corrected chi connectivity index (χ3v) is 7.24. The summed E-state index contributed by atoms with van der Waals surface area (Å²) in [5.41, 5.74) is 0. The van der Waals surface area contributed by atoms with E-state index in [-0.39, 0.29) is 11.0 Å². The number of aromatic nitrogens is 2. The highest BCUT2D eigenvalue weighted by atomic mass is 32.2. The number of anilines is 1. The van der Waals surface area contributed by atoms with Crippen LogP contribution in [-0.4, -0.2) is 74.3 Å². The fourth-order valence-corrected chi connectivity index (χ4v) is 4.80. The molecule has 10 heteroatoms. The molecule has 1 aliphatic carbocycles. The van der Waals surface area contributed by atoms with E-state index >= 15 is 0 Å². The van der Waals surface area contributed by atoms with Gasteiger partial charge >= 0.3 is 0 Å². The van der Waals surface area contributed by atoms with Gasteiger partial charge in [-0.2, -0.15) is 0 Å². The number of methoxy groups -OCH3 is 1. The summed E-state index contributed by atoms with van der Waals surface area (Å²) in [6, 6.07) is 7.99. The minimum absolute atomic E-state index is 0.0822. The Kier molecular flexibility index (Phi) is 6.26. The van der Waals surface area contributed by atoms with Crippen LogP contribution >= 0.6 is 0 Å². The zero-order valence-electron chi connectivity index (χ0n) is 17.4. The van der Waals surface area contributed by atoms with Crippen LogP contribution in [0.5, 0.6) is 11.6 Å². The number of benzene rings is 1. The highest BCUT2D eigenvalue weighted by Gasteiger charge is 2.27. The van der Waals surface area contributed by atoms with Crippen LogP contribution in [-0.2, 0) is 14.6 Å². The molecule has 1 aromatic heterocycles. The van der Waals surface area contributed by atoms with Gasteiger partial charge in [-0.3, -0.25) is 4.79 Å². The first-order valence-electron chi connectivity index (χ1n) is 10.3. The van der Waals surface area contributed by atoms with Crippen molar-refractivity contribution in [3.05, 3.63) is 36.7 Å². The molecule has 0 atom stereocenters. The van der Waals surface area contributed by atoms with Crippen molar-refractivity contribution < 1.29 is 22.7 Å². The van der Waals surface area contributed by atoms with Crippen molar-refractivity contribution >= 4 is 21.6 Å². The topological polar surface area (TPSA) is 102 Å². The normalized spacial score (nSPS) is 17.2. The van der Waals surface area contributed by atoms with Crippen molar-refractivity contribution in [3.63, 3.8) is 0 Å². The van der Waals surface area contributed by atoms with E-state index in [4.69, 9.17) is 9.47 Å². The number of amides is 1. The number of ether oxygens (including phenoxy) is 2. The summed E-state index contributed by atoms with van der Waals surface area (Å²) >= 11 is 0. The summed E-state index contributed by atoms with van der Waals surface area (Å²) in [6.07, 6.45) is 5.02. The predicted molar refractivity (Wildman–Crippen MR) is 114 cm³/mol. The fourth-order valence-electron chi connectivity index (χ4n) is 3.54. The number of nitrogens with zero attached hydrogens (tertiary/aromatic N) is 4. The van der Waals surface area contributed by atoms with Gasteiger partial charge in [0.2, 0.25) is 11.8 Å². The molecule has 1 saturated carbocycles. The Morgan fingerprint density at radius 2 is 1.90 bits per heavy atom. The van der Waals surface area contributed by atoms with E-state index in [2.05, 4.69) is 14.9 Å². The average molecular weight is 447 g/mol. The molecule has 1 aromatic carbocycles. The second-order valence-electron chi connectivity index (χ2n) is 7.69. The van der Waals surface area contributed by atoms with Gasteiger partial charge in [-0.1, -0.05) is 6.07 Å². The molecule has 0 radical (unpaired) electrons. The number of carbonyl (C=O) groups excluding carboxylic acids is 1. The summed E-state index contributed by atoms with van der Waals surface area (Å²) in [5.74, 6) is 0.789. The molecule has 1 amide bonds. The Morgan fingerprint density at radius 1 is 1.13 bits per heavy atom. The molecular weight excluding hydrogens is 420 g/mol. The van der Waals surface area contributed by atoms with Crippen LogP contribution in [0.15, 0.2) is 41.6 Å². The van der Waals surface area contributed by atoms with Crippen molar-refractivity contribution in [2.75, 3.05) is 43.9 Å². The standard InChI is InChI=1S/C21H26N4O5S/c1-29-17-6-3-7-18(12-17)31(27,28)14-21(26)25-10-8-24(9-11-25)19-13-20(23-15-22-19)30-16-4-2-5-16/h3,6-7,12-13,15-16H,2,4-5,8-11,14H2,1H3. The van der Waals surface area contributed by atoms with E-state index in [1.54, 1.807) is 17.0 Å². The zero-order chi connectivity index (χ0) is 21.8. The molecule has 0 bridgehead atoms. The van der Waals surface area contributed by atoms with Crippen LogP contribution in [0.4, 0.5) is 5.82 Å². The Morgan fingerprint density at radius 3 is 2.58 bits per heavy atom. The Balaban J connectivity index is 1.34. The first-order valence-corrected chi connectivity index (χ1v) is 12.0. The number of piperazine rings is 1. The number of hydrogen-bond donors (Lipinski definition) is 0. The lowest BCUT2D eigenvalue weighted by Gasteiger charge is -2.35. The molecule has 2 aromatic rings. The van der Waals surface area contributed by atoms with Crippen LogP contribution < -0.4 is 14.4 Å². The summed E-state index contributed by atoms with van der Waals surface area (Å²) in [7, 11) is -2.27. The van der Waals surface area contributed by atoms with Crippen molar-refractivity contribution in [1.82, 2.24) is 14.9 Å². The molecule has 4 rings (SSSR count). The third kappa shape index (κ3) is 5.07. The Bertz CT molecular complexity index is 1030. The van der Waals surface area contributed by atoms with Crippen molar-refractivity contribution in [2.45, 2.75) is 30.3 Å². The molecule has 2 heterocycles. The van der Waals surface area contributed by atoms with Crippen molar-refractivity contribution in [1.29, 1.82) is 0 Å². The maximum atomic E-state index is 12.7. The van der Waals surface area contributed by atoms with Gasteiger partial charge < -0.3 is 19.3 Å². The zero-order valence-corrected chi connectivity index (χ0v) is 18.3. The lowest BCUT2D eigenvalue weighted by Crippen LogP contribution is -2.50. The number of sulfone groups is 1. The summed E-state index contributed by atoms with van der Waals surface area (Å²) in [5, 5.41) is 0. The van der Waals surface area contributed by atoms with Crippen LogP contribution in [0.3, 0.4) is 0 Å². The van der Waals surface area contributed by atoms with Crippen molar-refractivity contribution in [3.8, 4) is 11.6 Å². The Hall–Kier alpha value is -2.88. The summed E-state index contributed by atoms with van der Waals surface area (Å²) < 4.78 is 36.2. The van der Waals surface area contributed by atoms with Crippen LogP contribution in [0, 0.1) is 0 Å². The van der Waals surface area contributed by atoms with E-state index in [0.29, 0.717) is 37.8 Å². The van der Waals surface area contributed by atoms with Crippen LogP contribution in [0.2, 0.25) is 0 Å². The van der Waals surface area contributed by atoms with E-state index in [1.807, 2.05) is 6.07 Å². The molecule has 0 N–H and O–H groups in total. The molecule has 0 unspecified atom stereocenters. The summed E-state index contributed by atoms with van der Waals surface area (Å²) in [4.78, 5) is 24.9. The molecule has 0 spiro atoms. The van der Waals surface area contributed by atoms with E-state index in [0.717, 1.165) is 18.7 Å². The Labute approximate surface area is 181 Å². The second-order valence-corrected chi connectivity index (χ2v) is 9.68. The average Bonchev–Trinajstić information content (AvgIpc) is 2.76. The third-order valence-electron chi connectivity index (χ3n) is 5.64. The van der Waals surface area contributed by atoms with E-state index in [1.165, 1.54) is 32.0 Å². The van der Waals surface area contributed by atoms with Gasteiger partial charge in [0.25, 0.3) is 0 Å². The van der Waals surface area contributed by atoms with Gasteiger partial charge in [-0.05, 0) is 37.5 Å². The molecule has 31 heavy (non-hydrogen) atoms. The smallest absolute Gasteiger partial charge is 0.238 e. The highest BCUT2D eigenvalue weighted by Crippen LogP contribution is 2.26. The van der Waals surface area contributed by atoms with E-state index in [9.17, 15) is 13.2 Å². The fraction of sp³-hybridized carbons (Fsp3) is 0.476. The second kappa shape index (κ2) is 9.09. The number of hydrogen-bond acceptors (Lipinski definition) is 8. The predicted octanol–water partition coefficient (Wildman–Crippen LogP) is 1.54. The maximum absolute atomic E-state index is 12.7. The van der Waals surface area contributed by atoms with E-state index < -0.39 is 21.5 Å². The molecule has 2 fully saturated rings. The lowest BCUT2D eigenvalue weighted by atomic mass is 9.96. The monoisotopic (exact) mass is 446 g/mol. The minimum Gasteiger partial charge on any atom is -0.497 e. The number of carbonyl (C=O) groups is 1. The summed E-state index contributed by atoms with van der Waals surface area (Å²) in [6.45, 7) is 1.97. The molecule has 2 aliphatic rings.